The van der Waals surface area contributed by atoms with Crippen molar-refractivity contribution in [1.29, 1.82) is 0 Å². The molecule has 1 aliphatic heterocycles. The summed E-state index contributed by atoms with van der Waals surface area (Å²) in [5, 5.41) is 20.9. The van der Waals surface area contributed by atoms with Crippen LogP contribution < -0.4 is 11.1 Å². The van der Waals surface area contributed by atoms with Gasteiger partial charge in [0.05, 0.1) is 12.6 Å². The number of hydrogen-bond donors (Lipinski definition) is 4. The van der Waals surface area contributed by atoms with Crippen molar-refractivity contribution >= 4 is 17.8 Å². The van der Waals surface area contributed by atoms with Gasteiger partial charge in [0.15, 0.2) is 0 Å². The van der Waals surface area contributed by atoms with Crippen molar-refractivity contribution in [3.8, 4) is 0 Å². The first-order valence-corrected chi connectivity index (χ1v) is 6.09. The van der Waals surface area contributed by atoms with Crippen molar-refractivity contribution in [3.63, 3.8) is 0 Å². The fourth-order valence-electron chi connectivity index (χ4n) is 2.09. The third kappa shape index (κ3) is 3.65. The maximum absolute atomic E-state index is 12.2. The predicted molar refractivity (Wildman–Crippen MR) is 65.0 cm³/mol. The summed E-state index contributed by atoms with van der Waals surface area (Å²) in [5.74, 6) is -2.26. The van der Waals surface area contributed by atoms with Gasteiger partial charge in [0.1, 0.15) is 12.1 Å². The van der Waals surface area contributed by atoms with E-state index in [9.17, 15) is 19.5 Å². The van der Waals surface area contributed by atoms with Gasteiger partial charge in [-0.05, 0) is 19.8 Å². The first-order valence-electron chi connectivity index (χ1n) is 6.09. The maximum atomic E-state index is 12.2. The lowest BCUT2D eigenvalue weighted by atomic mass is 10.1. The number of carboxylic acids is 1. The Labute approximate surface area is 110 Å². The first-order chi connectivity index (χ1) is 8.88. The molecule has 1 aliphatic rings. The molecule has 1 rings (SSSR count). The molecule has 5 N–H and O–H groups in total. The molecule has 0 saturated carbocycles. The zero-order valence-corrected chi connectivity index (χ0v) is 10.7. The lowest BCUT2D eigenvalue weighted by Gasteiger charge is -2.28. The van der Waals surface area contributed by atoms with Gasteiger partial charge in [0.25, 0.3) is 0 Å². The van der Waals surface area contributed by atoms with Crippen LogP contribution in [0, 0.1) is 0 Å². The van der Waals surface area contributed by atoms with Crippen LogP contribution in [0.15, 0.2) is 0 Å². The lowest BCUT2D eigenvalue weighted by molar-refractivity contribution is -0.150. The van der Waals surface area contributed by atoms with E-state index < -0.39 is 36.0 Å². The number of likely N-dealkylation sites (tertiary alicyclic amines) is 1. The Morgan fingerprint density at radius 1 is 1.47 bits per heavy atom. The van der Waals surface area contributed by atoms with Gasteiger partial charge in [0, 0.05) is 6.54 Å². The number of aliphatic hydroxyl groups excluding tert-OH is 1. The molecular formula is C11H19N3O5. The predicted octanol–water partition coefficient (Wildman–Crippen LogP) is -2.11. The number of carbonyl (C=O) groups excluding carboxylic acids is 2. The molecule has 19 heavy (non-hydrogen) atoms. The largest absolute Gasteiger partial charge is 0.480 e. The Hall–Kier alpha value is -1.67. The number of nitrogens with zero attached hydrogens (tertiary/aromatic N) is 1. The molecule has 0 aromatic rings. The number of carboxylic acid groups (broad SMARTS) is 1. The molecule has 1 heterocycles. The zero-order valence-electron chi connectivity index (χ0n) is 10.7. The Morgan fingerprint density at radius 3 is 2.58 bits per heavy atom. The van der Waals surface area contributed by atoms with Crippen LogP contribution in [0.2, 0.25) is 0 Å². The number of nitrogens with one attached hydrogen (secondary N) is 1. The third-order valence-corrected chi connectivity index (χ3v) is 3.07. The van der Waals surface area contributed by atoms with Crippen LogP contribution >= 0.6 is 0 Å². The molecule has 0 spiro atoms. The van der Waals surface area contributed by atoms with Crippen molar-refractivity contribution in [3.05, 3.63) is 0 Å². The van der Waals surface area contributed by atoms with Crippen LogP contribution in [0.5, 0.6) is 0 Å². The molecule has 108 valence electrons. The summed E-state index contributed by atoms with van der Waals surface area (Å²) in [5.41, 5.74) is 5.14. The molecule has 0 unspecified atom stereocenters. The molecule has 3 atom stereocenters. The molecule has 0 radical (unpaired) electrons. The van der Waals surface area contributed by atoms with Crippen LogP contribution in [0.25, 0.3) is 0 Å². The molecule has 0 aromatic heterocycles. The van der Waals surface area contributed by atoms with E-state index in [1.165, 1.54) is 11.8 Å². The van der Waals surface area contributed by atoms with Crippen molar-refractivity contribution in [1.82, 2.24) is 10.2 Å². The highest BCUT2D eigenvalue weighted by Crippen LogP contribution is 2.19. The van der Waals surface area contributed by atoms with Gasteiger partial charge in [-0.25, -0.2) is 4.79 Å². The number of aliphatic carboxylic acids is 1. The average Bonchev–Trinajstić information content (AvgIpc) is 2.83. The summed E-state index contributed by atoms with van der Waals surface area (Å²) in [4.78, 5) is 35.6. The quantitative estimate of drug-likeness (QED) is 0.453. The molecule has 1 saturated heterocycles. The number of hydrogen-bond acceptors (Lipinski definition) is 5. The van der Waals surface area contributed by atoms with Gasteiger partial charge in [-0.2, -0.15) is 0 Å². The second-order valence-electron chi connectivity index (χ2n) is 4.52. The van der Waals surface area contributed by atoms with Gasteiger partial charge in [-0.1, -0.05) is 0 Å². The summed E-state index contributed by atoms with van der Waals surface area (Å²) >= 11 is 0. The molecule has 2 amide bonds. The SMILES string of the molecule is C[C@@H](O)[C@H](NC(=O)CN)C(=O)N1CCC[C@@H]1C(=O)O. The van der Waals surface area contributed by atoms with Crippen molar-refractivity contribution in [2.45, 2.75) is 38.0 Å². The number of carbonyl (C=O) groups is 3. The minimum Gasteiger partial charge on any atom is -0.480 e. The molecule has 8 heteroatoms. The Bertz CT molecular complexity index is 371. The second-order valence-corrected chi connectivity index (χ2v) is 4.52. The highest BCUT2D eigenvalue weighted by atomic mass is 16.4. The third-order valence-electron chi connectivity index (χ3n) is 3.07. The molecule has 0 aromatic carbocycles. The fraction of sp³-hybridized carbons (Fsp3) is 0.727. The summed E-state index contributed by atoms with van der Waals surface area (Å²) in [6.07, 6.45) is -0.170. The Kier molecular flexibility index (Phi) is 5.25. The number of amides is 2. The number of rotatable bonds is 5. The van der Waals surface area contributed by atoms with E-state index in [2.05, 4.69) is 5.32 Å². The van der Waals surface area contributed by atoms with Crippen molar-refractivity contribution in [2.24, 2.45) is 5.73 Å². The Morgan fingerprint density at radius 2 is 2.11 bits per heavy atom. The minimum atomic E-state index is -1.17. The second kappa shape index (κ2) is 6.48. The van der Waals surface area contributed by atoms with E-state index in [4.69, 9.17) is 10.8 Å². The maximum Gasteiger partial charge on any atom is 0.326 e. The van der Waals surface area contributed by atoms with E-state index in [0.29, 0.717) is 19.4 Å². The van der Waals surface area contributed by atoms with Crippen LogP contribution in [0.3, 0.4) is 0 Å². The molecular weight excluding hydrogens is 254 g/mol. The monoisotopic (exact) mass is 273 g/mol. The van der Waals surface area contributed by atoms with Crippen LogP contribution in [-0.2, 0) is 14.4 Å². The summed E-state index contributed by atoms with van der Waals surface area (Å²) in [6, 6.07) is -2.07. The summed E-state index contributed by atoms with van der Waals surface area (Å²) in [6.45, 7) is 1.35. The zero-order chi connectivity index (χ0) is 14.6. The van der Waals surface area contributed by atoms with E-state index in [0.717, 1.165) is 0 Å². The highest BCUT2D eigenvalue weighted by molar-refractivity contribution is 5.91. The van der Waals surface area contributed by atoms with Crippen LogP contribution in [0.4, 0.5) is 0 Å². The van der Waals surface area contributed by atoms with Gasteiger partial charge in [-0.15, -0.1) is 0 Å². The van der Waals surface area contributed by atoms with E-state index in [1.807, 2.05) is 0 Å². The van der Waals surface area contributed by atoms with Gasteiger partial charge in [-0.3, -0.25) is 9.59 Å². The highest BCUT2D eigenvalue weighted by Gasteiger charge is 2.38. The van der Waals surface area contributed by atoms with E-state index in [-0.39, 0.29) is 6.54 Å². The molecule has 8 nitrogen and oxygen atoms in total. The van der Waals surface area contributed by atoms with Crippen LogP contribution in [0.1, 0.15) is 19.8 Å². The topological polar surface area (TPSA) is 133 Å². The summed E-state index contributed by atoms with van der Waals surface area (Å²) < 4.78 is 0. The van der Waals surface area contributed by atoms with Crippen molar-refractivity contribution in [2.75, 3.05) is 13.1 Å². The van der Waals surface area contributed by atoms with Crippen LogP contribution in [-0.4, -0.2) is 64.2 Å². The number of nitrogens with two attached hydrogens (primary N) is 1. The van der Waals surface area contributed by atoms with E-state index in [1.54, 1.807) is 0 Å². The van der Waals surface area contributed by atoms with Gasteiger partial charge in [0.2, 0.25) is 11.8 Å². The Balaban J connectivity index is 2.81. The van der Waals surface area contributed by atoms with Gasteiger partial charge >= 0.3 is 5.97 Å². The first kappa shape index (κ1) is 15.4. The molecule has 0 bridgehead atoms. The van der Waals surface area contributed by atoms with E-state index >= 15 is 0 Å². The minimum absolute atomic E-state index is 0.303. The molecule has 0 aliphatic carbocycles. The number of aliphatic hydroxyl groups is 1. The standard InChI is InChI=1S/C11H19N3O5/c1-6(15)9(13-8(16)5-12)10(17)14-4-2-3-7(14)11(18)19/h6-7,9,15H,2-5,12H2,1H3,(H,13,16)(H,18,19)/t6-,7-,9+/m1/s1. The fourth-order valence-corrected chi connectivity index (χ4v) is 2.09. The lowest BCUT2D eigenvalue weighted by Crippen LogP contribution is -2.56. The summed E-state index contributed by atoms with van der Waals surface area (Å²) in [7, 11) is 0. The van der Waals surface area contributed by atoms with Gasteiger partial charge < -0.3 is 26.2 Å². The smallest absolute Gasteiger partial charge is 0.326 e. The van der Waals surface area contributed by atoms with Crippen molar-refractivity contribution < 1.29 is 24.6 Å². The average molecular weight is 273 g/mol. The molecule has 1 fully saturated rings. The normalized spacial score (nSPS) is 21.8.